The van der Waals surface area contributed by atoms with Crippen molar-refractivity contribution in [1.29, 1.82) is 0 Å². The second kappa shape index (κ2) is 9.01. The zero-order chi connectivity index (χ0) is 23.0. The minimum absolute atomic E-state index is 0.0278. The summed E-state index contributed by atoms with van der Waals surface area (Å²) in [7, 11) is -3.61. The summed E-state index contributed by atoms with van der Waals surface area (Å²) < 4.78 is 42.7. The Morgan fingerprint density at radius 3 is 2.61 bits per heavy atom. The van der Waals surface area contributed by atoms with Crippen LogP contribution in [0.2, 0.25) is 0 Å². The minimum atomic E-state index is -3.61. The Morgan fingerprint density at radius 2 is 1.88 bits per heavy atom. The molecule has 0 atom stereocenters. The first-order valence-electron chi connectivity index (χ1n) is 11.9. The predicted octanol–water partition coefficient (Wildman–Crippen LogP) is 5.30. The summed E-state index contributed by atoms with van der Waals surface area (Å²) in [5.41, 5.74) is 3.98. The van der Waals surface area contributed by atoms with Crippen LogP contribution in [0.3, 0.4) is 0 Å². The van der Waals surface area contributed by atoms with E-state index in [4.69, 9.17) is 0 Å². The predicted molar refractivity (Wildman–Crippen MR) is 128 cm³/mol. The lowest BCUT2D eigenvalue weighted by atomic mass is 9.91. The second-order valence-electron chi connectivity index (χ2n) is 9.63. The van der Waals surface area contributed by atoms with E-state index in [0.29, 0.717) is 24.1 Å². The summed E-state index contributed by atoms with van der Waals surface area (Å²) in [6.45, 7) is 0. The molecule has 5 rings (SSSR count). The summed E-state index contributed by atoms with van der Waals surface area (Å²) in [6.07, 6.45) is 12.0. The number of carbonyl (C=O) groups excluding carboxylic acids is 1. The molecule has 2 saturated carbocycles. The third kappa shape index (κ3) is 5.18. The maximum atomic E-state index is 15.0. The van der Waals surface area contributed by atoms with Crippen molar-refractivity contribution < 1.29 is 17.6 Å². The lowest BCUT2D eigenvalue weighted by Gasteiger charge is -2.21. The van der Waals surface area contributed by atoms with Crippen molar-refractivity contribution in [2.24, 2.45) is 11.8 Å². The van der Waals surface area contributed by atoms with Crippen LogP contribution in [0.25, 0.3) is 17.2 Å². The molecule has 2 aromatic rings. The Kier molecular flexibility index (Phi) is 6.08. The number of allylic oxidation sites excluding steroid dienone is 1. The number of hydrogen-bond donors (Lipinski definition) is 1. The maximum absolute atomic E-state index is 15.0. The lowest BCUT2D eigenvalue weighted by molar-refractivity contribution is -0.119. The average molecular weight is 469 g/mol. The van der Waals surface area contributed by atoms with Crippen LogP contribution in [0.5, 0.6) is 0 Å². The van der Waals surface area contributed by atoms with Crippen molar-refractivity contribution in [2.45, 2.75) is 57.8 Å². The number of anilines is 1. The number of sulfonamides is 1. The quantitative estimate of drug-likeness (QED) is 0.570. The van der Waals surface area contributed by atoms with Gasteiger partial charge < -0.3 is 0 Å². The topological polar surface area (TPSA) is 76.1 Å². The van der Waals surface area contributed by atoms with E-state index in [1.54, 1.807) is 6.07 Å². The Balaban J connectivity index is 1.38. The number of rotatable bonds is 8. The van der Waals surface area contributed by atoms with Crippen molar-refractivity contribution in [3.8, 4) is 11.1 Å². The van der Waals surface area contributed by atoms with E-state index < -0.39 is 15.8 Å². The van der Waals surface area contributed by atoms with Gasteiger partial charge in [-0.1, -0.05) is 37.5 Å². The standard InChI is InChI=1S/C26H29FN2O3S/c27-23-13-19(11-12-25(23)29-33(31,32)16-17-5-2-1-3-6-17)22-14-20(15-26(30)18-9-10-18)28-24-8-4-7-21(22)24/h4,7,11-14,17-18,29H,1-3,5-6,8-10,15-16H2. The number of halogens is 1. The van der Waals surface area contributed by atoms with E-state index in [1.807, 2.05) is 18.2 Å². The van der Waals surface area contributed by atoms with Gasteiger partial charge in [0.25, 0.3) is 0 Å². The van der Waals surface area contributed by atoms with Crippen LogP contribution in [0.4, 0.5) is 10.1 Å². The summed E-state index contributed by atoms with van der Waals surface area (Å²) in [6, 6.07) is 6.46. The van der Waals surface area contributed by atoms with Gasteiger partial charge in [0, 0.05) is 30.0 Å². The van der Waals surface area contributed by atoms with Gasteiger partial charge in [-0.25, -0.2) is 12.8 Å². The Bertz CT molecular complexity index is 1210. The number of aromatic nitrogens is 1. The normalized spacial score (nSPS) is 18.3. The summed E-state index contributed by atoms with van der Waals surface area (Å²) in [5.74, 6) is -0.0486. The van der Waals surface area contributed by atoms with Gasteiger partial charge in [-0.05, 0) is 60.9 Å². The van der Waals surface area contributed by atoms with Crippen LogP contribution in [0.15, 0.2) is 30.3 Å². The van der Waals surface area contributed by atoms with Gasteiger partial charge in [0.05, 0.1) is 17.1 Å². The fraction of sp³-hybridized carbons (Fsp3) is 0.462. The largest absolute Gasteiger partial charge is 0.299 e. The fourth-order valence-corrected chi connectivity index (χ4v) is 6.53. The number of nitrogens with one attached hydrogen (secondary N) is 1. The molecule has 1 aromatic carbocycles. The van der Waals surface area contributed by atoms with Gasteiger partial charge in [-0.15, -0.1) is 0 Å². The zero-order valence-corrected chi connectivity index (χ0v) is 19.5. The molecular weight excluding hydrogens is 439 g/mol. The lowest BCUT2D eigenvalue weighted by Crippen LogP contribution is -2.24. The molecule has 33 heavy (non-hydrogen) atoms. The summed E-state index contributed by atoms with van der Waals surface area (Å²) in [5, 5.41) is 0. The number of ketones is 1. The van der Waals surface area contributed by atoms with E-state index in [2.05, 4.69) is 9.71 Å². The first-order chi connectivity index (χ1) is 15.9. The van der Waals surface area contributed by atoms with E-state index in [9.17, 15) is 13.2 Å². The highest BCUT2D eigenvalue weighted by molar-refractivity contribution is 7.92. The van der Waals surface area contributed by atoms with Gasteiger partial charge in [-0.2, -0.15) is 0 Å². The van der Waals surface area contributed by atoms with Gasteiger partial charge in [0.15, 0.2) is 0 Å². The zero-order valence-electron chi connectivity index (χ0n) is 18.6. The summed E-state index contributed by atoms with van der Waals surface area (Å²) >= 11 is 0. The van der Waals surface area contributed by atoms with Gasteiger partial charge in [-0.3, -0.25) is 14.5 Å². The molecular formula is C26H29FN2O3S. The van der Waals surface area contributed by atoms with Crippen LogP contribution < -0.4 is 4.72 Å². The molecule has 2 fully saturated rings. The van der Waals surface area contributed by atoms with Gasteiger partial charge >= 0.3 is 0 Å². The van der Waals surface area contributed by atoms with Crippen molar-refractivity contribution in [1.82, 2.24) is 4.98 Å². The number of fused-ring (bicyclic) bond motifs is 1. The molecule has 1 heterocycles. The molecule has 0 bridgehead atoms. The molecule has 1 aromatic heterocycles. The monoisotopic (exact) mass is 468 g/mol. The Hall–Kier alpha value is -2.54. The molecule has 7 heteroatoms. The highest BCUT2D eigenvalue weighted by Crippen LogP contribution is 2.35. The van der Waals surface area contributed by atoms with Crippen LogP contribution >= 0.6 is 0 Å². The smallest absolute Gasteiger partial charge is 0.233 e. The molecule has 174 valence electrons. The van der Waals surface area contributed by atoms with E-state index in [1.165, 1.54) is 12.1 Å². The molecule has 0 unspecified atom stereocenters. The number of benzene rings is 1. The van der Waals surface area contributed by atoms with E-state index >= 15 is 4.39 Å². The average Bonchev–Trinajstić information content (AvgIpc) is 3.53. The molecule has 0 spiro atoms. The van der Waals surface area contributed by atoms with Gasteiger partial charge in [0.1, 0.15) is 11.6 Å². The summed E-state index contributed by atoms with van der Waals surface area (Å²) in [4.78, 5) is 17.0. The molecule has 0 radical (unpaired) electrons. The number of carbonyl (C=O) groups is 1. The van der Waals surface area contributed by atoms with Gasteiger partial charge in [0.2, 0.25) is 10.0 Å². The first-order valence-corrected chi connectivity index (χ1v) is 13.6. The van der Waals surface area contributed by atoms with Crippen molar-refractivity contribution >= 4 is 27.6 Å². The number of hydrogen-bond acceptors (Lipinski definition) is 4. The molecule has 3 aliphatic carbocycles. The Labute approximate surface area is 194 Å². The third-order valence-corrected chi connectivity index (χ3v) is 8.34. The molecule has 1 N–H and O–H groups in total. The Morgan fingerprint density at radius 1 is 1.09 bits per heavy atom. The molecule has 0 saturated heterocycles. The second-order valence-corrected chi connectivity index (χ2v) is 11.4. The van der Waals surface area contributed by atoms with E-state index in [-0.39, 0.29) is 29.1 Å². The molecule has 0 amide bonds. The van der Waals surface area contributed by atoms with Crippen LogP contribution in [0, 0.1) is 17.7 Å². The van der Waals surface area contributed by atoms with Crippen molar-refractivity contribution in [3.05, 3.63) is 53.1 Å². The molecule has 0 aliphatic heterocycles. The highest BCUT2D eigenvalue weighted by atomic mass is 32.2. The number of Topliss-reactive ketones (excluding diaryl/α,β-unsaturated/α-hetero) is 1. The number of pyridine rings is 1. The minimum Gasteiger partial charge on any atom is -0.299 e. The van der Waals surface area contributed by atoms with Crippen molar-refractivity contribution in [3.63, 3.8) is 0 Å². The van der Waals surface area contributed by atoms with Crippen LogP contribution in [-0.2, 0) is 27.7 Å². The highest BCUT2D eigenvalue weighted by Gasteiger charge is 2.30. The van der Waals surface area contributed by atoms with Crippen LogP contribution in [0.1, 0.15) is 61.9 Å². The van der Waals surface area contributed by atoms with Crippen LogP contribution in [-0.4, -0.2) is 24.9 Å². The first kappa shape index (κ1) is 22.3. The fourth-order valence-electron chi connectivity index (χ4n) is 4.99. The molecule has 5 nitrogen and oxygen atoms in total. The SMILES string of the molecule is O=C(Cc1cc(-c2ccc(NS(=O)(=O)CC3CCCCC3)c(F)c2)c2c(n1)CC=C2)C1CC1. The van der Waals surface area contributed by atoms with E-state index in [0.717, 1.165) is 61.8 Å². The number of nitrogens with zero attached hydrogens (tertiary/aromatic N) is 1. The van der Waals surface area contributed by atoms with Crippen molar-refractivity contribution in [2.75, 3.05) is 10.5 Å². The molecule has 3 aliphatic rings. The maximum Gasteiger partial charge on any atom is 0.233 e. The third-order valence-electron chi connectivity index (χ3n) is 6.90.